The van der Waals surface area contributed by atoms with Crippen LogP contribution in [0.25, 0.3) is 5.78 Å². The average Bonchev–Trinajstić information content (AvgIpc) is 2.88. The molecule has 1 atom stereocenters. The molecule has 5 heteroatoms. The summed E-state index contributed by atoms with van der Waals surface area (Å²) in [7, 11) is 0. The number of aryl methyl sites for hydroxylation is 2. The predicted molar refractivity (Wildman–Crippen MR) is 82.1 cm³/mol. The number of hydrogen-bond donors (Lipinski definition) is 0. The molecule has 110 valence electrons. The summed E-state index contributed by atoms with van der Waals surface area (Å²) in [5.74, 6) is 1.56. The van der Waals surface area contributed by atoms with E-state index in [0.29, 0.717) is 23.6 Å². The van der Waals surface area contributed by atoms with Crippen LogP contribution in [0.1, 0.15) is 45.3 Å². The number of Topliss-reactive ketones (excluding diaryl/α,β-unsaturated/α-hetero) is 1. The minimum absolute atomic E-state index is 0.136. The molecule has 0 radical (unpaired) electrons. The predicted octanol–water partition coefficient (Wildman–Crippen LogP) is 2.65. The van der Waals surface area contributed by atoms with Gasteiger partial charge in [0.25, 0.3) is 5.78 Å². The molecule has 1 aliphatic carbocycles. The Morgan fingerprint density at radius 3 is 2.82 bits per heavy atom. The molecule has 4 rings (SSSR count). The molecule has 2 aromatic heterocycles. The number of nitrogens with zero attached hydrogens (tertiary/aromatic N) is 4. The molecule has 1 unspecified atom stereocenters. The van der Waals surface area contributed by atoms with Crippen molar-refractivity contribution in [1.82, 2.24) is 19.6 Å². The highest BCUT2D eigenvalue weighted by Gasteiger charge is 2.29. The van der Waals surface area contributed by atoms with Crippen LogP contribution in [0.2, 0.25) is 0 Å². The van der Waals surface area contributed by atoms with Crippen LogP contribution < -0.4 is 0 Å². The van der Waals surface area contributed by atoms with Gasteiger partial charge in [0.1, 0.15) is 5.82 Å². The molecule has 0 amide bonds. The smallest absolute Gasteiger partial charge is 0.252 e. The molecule has 5 nitrogen and oxygen atoms in total. The molecule has 3 aromatic rings. The largest absolute Gasteiger partial charge is 0.294 e. The zero-order valence-corrected chi connectivity index (χ0v) is 12.6. The van der Waals surface area contributed by atoms with E-state index in [0.717, 1.165) is 12.1 Å². The number of carbonyl (C=O) groups is 1. The normalized spacial score (nSPS) is 17.7. The molecule has 1 aromatic carbocycles. The zero-order valence-electron chi connectivity index (χ0n) is 12.6. The number of rotatable bonds is 1. The Morgan fingerprint density at radius 2 is 2.00 bits per heavy atom. The second-order valence-corrected chi connectivity index (χ2v) is 5.87. The van der Waals surface area contributed by atoms with Crippen LogP contribution in [0.5, 0.6) is 0 Å². The summed E-state index contributed by atoms with van der Waals surface area (Å²) in [4.78, 5) is 21.1. The summed E-state index contributed by atoms with van der Waals surface area (Å²) in [6.45, 7) is 3.93. The van der Waals surface area contributed by atoms with Gasteiger partial charge in [0.2, 0.25) is 0 Å². The SMILES string of the molecule is Cc1nc2ncc3c(n2n1)CC(c1ccccc1C)CC3=O. The highest BCUT2D eigenvalue weighted by atomic mass is 16.1. The van der Waals surface area contributed by atoms with Gasteiger partial charge in [-0.2, -0.15) is 10.1 Å². The third-order valence-corrected chi connectivity index (χ3v) is 4.37. The van der Waals surface area contributed by atoms with E-state index >= 15 is 0 Å². The fourth-order valence-corrected chi connectivity index (χ4v) is 3.31. The molecule has 2 heterocycles. The Labute approximate surface area is 128 Å². The fraction of sp³-hybridized carbons (Fsp3) is 0.294. The first-order valence-electron chi connectivity index (χ1n) is 7.43. The third-order valence-electron chi connectivity index (χ3n) is 4.37. The lowest BCUT2D eigenvalue weighted by Crippen LogP contribution is -2.23. The van der Waals surface area contributed by atoms with E-state index in [1.165, 1.54) is 11.1 Å². The average molecular weight is 292 g/mol. The first kappa shape index (κ1) is 13.1. The van der Waals surface area contributed by atoms with Crippen LogP contribution in [0.3, 0.4) is 0 Å². The van der Waals surface area contributed by atoms with Gasteiger partial charge in [-0.05, 0) is 37.3 Å². The van der Waals surface area contributed by atoms with Crippen molar-refractivity contribution in [3.63, 3.8) is 0 Å². The molecule has 0 fully saturated rings. The monoisotopic (exact) mass is 292 g/mol. The molecular weight excluding hydrogens is 276 g/mol. The second-order valence-electron chi connectivity index (χ2n) is 5.87. The van der Waals surface area contributed by atoms with Crippen molar-refractivity contribution < 1.29 is 4.79 Å². The molecule has 0 aliphatic heterocycles. The van der Waals surface area contributed by atoms with E-state index in [9.17, 15) is 4.79 Å². The Bertz CT molecular complexity index is 897. The molecule has 0 bridgehead atoms. The van der Waals surface area contributed by atoms with E-state index in [1.807, 2.05) is 19.1 Å². The molecular formula is C17H16N4O. The lowest BCUT2D eigenvalue weighted by Gasteiger charge is -2.25. The van der Waals surface area contributed by atoms with Crippen LogP contribution in [-0.4, -0.2) is 25.4 Å². The van der Waals surface area contributed by atoms with Crippen molar-refractivity contribution >= 4 is 11.6 Å². The van der Waals surface area contributed by atoms with Gasteiger partial charge in [0.15, 0.2) is 5.78 Å². The van der Waals surface area contributed by atoms with Crippen molar-refractivity contribution in [1.29, 1.82) is 0 Å². The van der Waals surface area contributed by atoms with Gasteiger partial charge in [-0.1, -0.05) is 24.3 Å². The molecule has 1 aliphatic rings. The summed E-state index contributed by atoms with van der Waals surface area (Å²) in [5, 5.41) is 4.40. The van der Waals surface area contributed by atoms with E-state index in [1.54, 1.807) is 10.7 Å². The number of fused-ring (bicyclic) bond motifs is 3. The Balaban J connectivity index is 1.86. The number of ketones is 1. The zero-order chi connectivity index (χ0) is 15.3. The van der Waals surface area contributed by atoms with Crippen molar-refractivity contribution in [2.24, 2.45) is 0 Å². The van der Waals surface area contributed by atoms with E-state index in [2.05, 4.69) is 34.1 Å². The van der Waals surface area contributed by atoms with Crippen LogP contribution >= 0.6 is 0 Å². The van der Waals surface area contributed by atoms with Gasteiger partial charge in [-0.15, -0.1) is 0 Å². The van der Waals surface area contributed by atoms with Gasteiger partial charge >= 0.3 is 0 Å². The number of hydrogen-bond acceptors (Lipinski definition) is 4. The standard InChI is InChI=1S/C17H16N4O/c1-10-5-3-4-6-13(10)12-7-15-14(16(22)8-12)9-18-17-19-11(2)20-21(15)17/h3-6,9,12H,7-8H2,1-2H3. The maximum Gasteiger partial charge on any atom is 0.252 e. The van der Waals surface area contributed by atoms with Gasteiger partial charge in [0.05, 0.1) is 11.3 Å². The number of aromatic nitrogens is 4. The van der Waals surface area contributed by atoms with Crippen molar-refractivity contribution in [3.05, 3.63) is 58.7 Å². The Kier molecular flexibility index (Phi) is 2.82. The quantitative estimate of drug-likeness (QED) is 0.692. The topological polar surface area (TPSA) is 60.1 Å². The van der Waals surface area contributed by atoms with Crippen molar-refractivity contribution in [2.45, 2.75) is 32.6 Å². The van der Waals surface area contributed by atoms with E-state index < -0.39 is 0 Å². The van der Waals surface area contributed by atoms with E-state index in [4.69, 9.17) is 0 Å². The summed E-state index contributed by atoms with van der Waals surface area (Å²) < 4.78 is 1.73. The lowest BCUT2D eigenvalue weighted by atomic mass is 9.80. The summed E-state index contributed by atoms with van der Waals surface area (Å²) in [5.41, 5.74) is 4.07. The minimum atomic E-state index is 0.136. The Morgan fingerprint density at radius 1 is 1.18 bits per heavy atom. The first-order chi connectivity index (χ1) is 10.6. The third kappa shape index (κ3) is 1.93. The highest BCUT2D eigenvalue weighted by molar-refractivity contribution is 5.98. The summed E-state index contributed by atoms with van der Waals surface area (Å²) in [6, 6.07) is 8.27. The van der Waals surface area contributed by atoms with E-state index in [-0.39, 0.29) is 11.7 Å². The Hall–Kier alpha value is -2.56. The van der Waals surface area contributed by atoms with Crippen LogP contribution in [0.15, 0.2) is 30.5 Å². The van der Waals surface area contributed by atoms with Gasteiger partial charge < -0.3 is 0 Å². The number of benzene rings is 1. The van der Waals surface area contributed by atoms with Gasteiger partial charge in [-0.3, -0.25) is 4.79 Å². The fourth-order valence-electron chi connectivity index (χ4n) is 3.31. The molecule has 0 saturated carbocycles. The van der Waals surface area contributed by atoms with Gasteiger partial charge in [0, 0.05) is 12.6 Å². The molecule has 0 saturated heterocycles. The second kappa shape index (κ2) is 4.73. The maximum atomic E-state index is 12.5. The molecule has 0 spiro atoms. The molecule has 0 N–H and O–H groups in total. The van der Waals surface area contributed by atoms with Crippen molar-refractivity contribution in [3.8, 4) is 0 Å². The summed E-state index contributed by atoms with van der Waals surface area (Å²) >= 11 is 0. The van der Waals surface area contributed by atoms with Gasteiger partial charge in [-0.25, -0.2) is 9.50 Å². The first-order valence-corrected chi connectivity index (χ1v) is 7.43. The van der Waals surface area contributed by atoms with Crippen LogP contribution in [0, 0.1) is 13.8 Å². The van der Waals surface area contributed by atoms with Crippen LogP contribution in [0.4, 0.5) is 0 Å². The van der Waals surface area contributed by atoms with Crippen LogP contribution in [-0.2, 0) is 6.42 Å². The maximum absolute atomic E-state index is 12.5. The van der Waals surface area contributed by atoms with Crippen molar-refractivity contribution in [2.75, 3.05) is 0 Å². The lowest BCUT2D eigenvalue weighted by molar-refractivity contribution is 0.0962. The highest BCUT2D eigenvalue weighted by Crippen LogP contribution is 2.33. The summed E-state index contributed by atoms with van der Waals surface area (Å²) in [6.07, 6.45) is 2.96. The molecule has 22 heavy (non-hydrogen) atoms. The number of carbonyl (C=O) groups excluding carboxylic acids is 1. The minimum Gasteiger partial charge on any atom is -0.294 e.